The topological polar surface area (TPSA) is 80.3 Å². The molecule has 0 bridgehead atoms. The Balaban J connectivity index is 2.00. The van der Waals surface area contributed by atoms with E-state index in [1.54, 1.807) is 13.8 Å². The lowest BCUT2D eigenvalue weighted by atomic mass is 9.98. The molecule has 0 aliphatic carbocycles. The van der Waals surface area contributed by atoms with Crippen LogP contribution in [-0.2, 0) is 41.8 Å². The number of carbonyl (C=O) groups is 2. The van der Waals surface area contributed by atoms with E-state index < -0.39 is 25.8 Å². The van der Waals surface area contributed by atoms with E-state index in [0.29, 0.717) is 47.8 Å². The molecule has 0 spiro atoms. The Hall–Kier alpha value is -3.20. The monoisotopic (exact) mass is 608 g/mol. The van der Waals surface area contributed by atoms with Crippen LogP contribution in [0.3, 0.4) is 0 Å². The minimum absolute atomic E-state index is 0.00267. The molecule has 0 radical (unpaired) electrons. The summed E-state index contributed by atoms with van der Waals surface area (Å²) in [7, 11) is -1.54. The van der Waals surface area contributed by atoms with Crippen LogP contribution in [0, 0.1) is 5.92 Å². The number of unbranched alkanes of at least 4 members (excludes halogenated alkanes) is 1. The number of benzene rings is 2. The van der Waals surface area contributed by atoms with Gasteiger partial charge in [0.25, 0.3) is 0 Å². The van der Waals surface area contributed by atoms with Gasteiger partial charge in [-0.15, -0.1) is 0 Å². The van der Waals surface area contributed by atoms with Crippen molar-refractivity contribution in [3.8, 4) is 16.9 Å². The molecule has 1 aliphatic heterocycles. The van der Waals surface area contributed by atoms with Gasteiger partial charge in [0.1, 0.15) is 19.0 Å². The Morgan fingerprint density at radius 3 is 1.88 bits per heavy atom. The molecular formula is C35H48O7Si. The van der Waals surface area contributed by atoms with Crippen molar-refractivity contribution < 1.29 is 33.3 Å². The van der Waals surface area contributed by atoms with Crippen LogP contribution in [0.15, 0.2) is 60.7 Å². The van der Waals surface area contributed by atoms with Crippen LogP contribution in [-0.4, -0.2) is 45.6 Å². The molecule has 2 aromatic carbocycles. The molecule has 234 valence electrons. The maximum absolute atomic E-state index is 12.4. The van der Waals surface area contributed by atoms with E-state index in [4.69, 9.17) is 23.7 Å². The summed E-state index contributed by atoms with van der Waals surface area (Å²) in [5.41, 5.74) is 3.84. The number of hydrogen-bond acceptors (Lipinski definition) is 7. The second-order valence-electron chi connectivity index (χ2n) is 12.6. The van der Waals surface area contributed by atoms with Gasteiger partial charge in [-0.05, 0) is 51.0 Å². The van der Waals surface area contributed by atoms with E-state index in [1.165, 1.54) is 24.1 Å². The quantitative estimate of drug-likeness (QED) is 0.129. The first-order valence-corrected chi connectivity index (χ1v) is 18.3. The van der Waals surface area contributed by atoms with Crippen molar-refractivity contribution in [3.63, 3.8) is 0 Å². The molecule has 1 fully saturated rings. The number of carbonyl (C=O) groups excluding carboxylic acids is 2. The fourth-order valence-corrected chi connectivity index (χ4v) is 7.35. The summed E-state index contributed by atoms with van der Waals surface area (Å²) < 4.78 is 29.1. The maximum Gasteiger partial charge on any atom is 0.333 e. The highest BCUT2D eigenvalue weighted by atomic mass is 28.3. The van der Waals surface area contributed by atoms with Crippen molar-refractivity contribution in [2.75, 3.05) is 19.8 Å². The van der Waals surface area contributed by atoms with Gasteiger partial charge in [0.2, 0.25) is 0 Å². The SMILES string of the molecule is C=C(C)C(=O)OCc1cc(-c2ccc([Si](C)(C)CCCC)cc2)cc(COC(=O)C(=C)C)c1OCC1COC(C)(C)OC1. The van der Waals surface area contributed by atoms with Crippen LogP contribution >= 0.6 is 0 Å². The zero-order valence-corrected chi connectivity index (χ0v) is 28.0. The lowest BCUT2D eigenvalue weighted by molar-refractivity contribution is -0.264. The average Bonchev–Trinajstić information content (AvgIpc) is 2.97. The van der Waals surface area contributed by atoms with E-state index in [0.717, 1.165) is 11.1 Å². The molecule has 0 aromatic heterocycles. The maximum atomic E-state index is 12.4. The van der Waals surface area contributed by atoms with Gasteiger partial charge in [0, 0.05) is 28.2 Å². The molecule has 0 unspecified atom stereocenters. The summed E-state index contributed by atoms with van der Waals surface area (Å²) in [6.45, 7) is 22.6. The predicted octanol–water partition coefficient (Wildman–Crippen LogP) is 7.09. The predicted molar refractivity (Wildman–Crippen MR) is 173 cm³/mol. The molecule has 0 N–H and O–H groups in total. The molecule has 0 amide bonds. The van der Waals surface area contributed by atoms with E-state index in [9.17, 15) is 9.59 Å². The van der Waals surface area contributed by atoms with Gasteiger partial charge in [-0.3, -0.25) is 0 Å². The Labute approximate surface area is 258 Å². The molecule has 1 aliphatic rings. The molecule has 1 heterocycles. The largest absolute Gasteiger partial charge is 0.492 e. The summed E-state index contributed by atoms with van der Waals surface area (Å²) in [6, 6.07) is 13.9. The number of esters is 2. The van der Waals surface area contributed by atoms with Crippen molar-refractivity contribution in [1.29, 1.82) is 0 Å². The standard InChI is InChI=1S/C35H48O7Si/c1-10-11-16-43(8,9)31-14-12-27(13-15-31)28-17-29(22-39-33(36)24(2)3)32(30(18-28)23-40-34(37)25(4)5)38-19-26-20-41-35(6,7)42-21-26/h12-15,17-18,26H,2,4,10-11,16,19-23H2,1,3,5-9H3. The summed E-state index contributed by atoms with van der Waals surface area (Å²) >= 11 is 0. The second kappa shape index (κ2) is 15.0. The van der Waals surface area contributed by atoms with Crippen molar-refractivity contribution in [1.82, 2.24) is 0 Å². The summed E-state index contributed by atoms with van der Waals surface area (Å²) in [5, 5.41) is 1.41. The van der Waals surface area contributed by atoms with Crippen molar-refractivity contribution in [2.24, 2.45) is 5.92 Å². The van der Waals surface area contributed by atoms with E-state index in [1.807, 2.05) is 26.0 Å². The van der Waals surface area contributed by atoms with E-state index in [2.05, 4.69) is 57.4 Å². The van der Waals surface area contributed by atoms with Crippen LogP contribution in [0.25, 0.3) is 11.1 Å². The van der Waals surface area contributed by atoms with E-state index in [-0.39, 0.29) is 19.1 Å². The molecule has 0 saturated carbocycles. The number of ether oxygens (including phenoxy) is 5. The first-order valence-electron chi connectivity index (χ1n) is 15.0. The van der Waals surface area contributed by atoms with Gasteiger partial charge >= 0.3 is 11.9 Å². The van der Waals surface area contributed by atoms with Crippen molar-refractivity contribution in [2.45, 2.75) is 85.6 Å². The highest BCUT2D eigenvalue weighted by Crippen LogP contribution is 2.34. The third kappa shape index (κ3) is 9.91. The molecular weight excluding hydrogens is 560 g/mol. The summed E-state index contributed by atoms with van der Waals surface area (Å²) in [6.07, 6.45) is 2.43. The first kappa shape index (κ1) is 34.3. The normalized spacial score (nSPS) is 15.0. The molecule has 2 aromatic rings. The van der Waals surface area contributed by atoms with Gasteiger partial charge in [0.15, 0.2) is 5.79 Å². The molecule has 7 nitrogen and oxygen atoms in total. The summed E-state index contributed by atoms with van der Waals surface area (Å²) in [5.74, 6) is -1.12. The Bertz CT molecular complexity index is 1250. The second-order valence-corrected chi connectivity index (χ2v) is 17.4. The van der Waals surface area contributed by atoms with Crippen LogP contribution < -0.4 is 9.92 Å². The number of hydrogen-bond donors (Lipinski definition) is 0. The molecule has 43 heavy (non-hydrogen) atoms. The lowest BCUT2D eigenvalue weighted by Crippen LogP contribution is -2.41. The van der Waals surface area contributed by atoms with Crippen molar-refractivity contribution in [3.05, 3.63) is 71.8 Å². The first-order chi connectivity index (χ1) is 20.2. The van der Waals surface area contributed by atoms with Crippen LogP contribution in [0.5, 0.6) is 5.75 Å². The van der Waals surface area contributed by atoms with Gasteiger partial charge < -0.3 is 23.7 Å². The van der Waals surface area contributed by atoms with Crippen LogP contribution in [0.2, 0.25) is 19.1 Å². The number of rotatable bonds is 14. The van der Waals surface area contributed by atoms with Gasteiger partial charge in [-0.2, -0.15) is 0 Å². The smallest absolute Gasteiger partial charge is 0.333 e. The highest BCUT2D eigenvalue weighted by Gasteiger charge is 2.29. The molecule has 3 rings (SSSR count). The van der Waals surface area contributed by atoms with E-state index >= 15 is 0 Å². The van der Waals surface area contributed by atoms with Gasteiger partial charge in [-0.25, -0.2) is 9.59 Å². The minimum Gasteiger partial charge on any atom is -0.492 e. The fourth-order valence-electron chi connectivity index (χ4n) is 4.76. The minimum atomic E-state index is -1.54. The van der Waals surface area contributed by atoms with Crippen LogP contribution in [0.4, 0.5) is 0 Å². The third-order valence-electron chi connectivity index (χ3n) is 7.61. The third-order valence-corrected chi connectivity index (χ3v) is 11.1. The van der Waals surface area contributed by atoms with Gasteiger partial charge in [0.05, 0.1) is 27.9 Å². The zero-order valence-electron chi connectivity index (χ0n) is 27.0. The highest BCUT2D eigenvalue weighted by molar-refractivity contribution is 6.89. The molecule has 1 saturated heterocycles. The van der Waals surface area contributed by atoms with Crippen molar-refractivity contribution >= 4 is 25.2 Å². The lowest BCUT2D eigenvalue weighted by Gasteiger charge is -2.35. The summed E-state index contributed by atoms with van der Waals surface area (Å²) in [4.78, 5) is 24.7. The Morgan fingerprint density at radius 1 is 0.907 bits per heavy atom. The average molecular weight is 609 g/mol. The molecule has 8 heteroatoms. The fraction of sp³-hybridized carbons (Fsp3) is 0.486. The molecule has 0 atom stereocenters. The zero-order chi connectivity index (χ0) is 31.8. The Kier molecular flexibility index (Phi) is 12.0. The van der Waals surface area contributed by atoms with Gasteiger partial charge in [-0.1, -0.05) is 81.5 Å². The Morgan fingerprint density at radius 2 is 1.42 bits per heavy atom. The van der Waals surface area contributed by atoms with Crippen LogP contribution in [0.1, 0.15) is 58.6 Å².